The van der Waals surface area contributed by atoms with Crippen LogP contribution in [0.3, 0.4) is 0 Å². The molecule has 1 aromatic carbocycles. The largest absolute Gasteiger partial charge is 0.303 e. The second-order valence-electron chi connectivity index (χ2n) is 3.79. The molecule has 0 saturated heterocycles. The Bertz CT molecular complexity index is 329. The van der Waals surface area contributed by atoms with Gasteiger partial charge in [-0.2, -0.15) is 0 Å². The molecule has 0 spiro atoms. The van der Waals surface area contributed by atoms with Gasteiger partial charge in [-0.25, -0.2) is 4.39 Å². The normalized spacial score (nSPS) is 18.2. The van der Waals surface area contributed by atoms with E-state index < -0.39 is 0 Å². The van der Waals surface area contributed by atoms with Crippen LogP contribution in [0.4, 0.5) is 4.39 Å². The molecule has 0 heterocycles. The van der Waals surface area contributed by atoms with Crippen LogP contribution < -0.4 is 0 Å². The number of hydrogen-bond donors (Lipinski definition) is 0. The topological polar surface area (TPSA) is 17.1 Å². The highest BCUT2D eigenvalue weighted by atomic mass is 19.1. The van der Waals surface area contributed by atoms with Gasteiger partial charge in [0.1, 0.15) is 12.1 Å². The van der Waals surface area contributed by atoms with E-state index in [0.29, 0.717) is 6.42 Å². The lowest BCUT2D eigenvalue weighted by Gasteiger charge is -2.06. The first kappa shape index (κ1) is 8.42. The Morgan fingerprint density at radius 3 is 2.77 bits per heavy atom. The average Bonchev–Trinajstić information content (AvgIpc) is 2.86. The first-order chi connectivity index (χ1) is 6.24. The third kappa shape index (κ3) is 1.77. The minimum atomic E-state index is -0.223. The summed E-state index contributed by atoms with van der Waals surface area (Å²) >= 11 is 0. The Balaban J connectivity index is 2.14. The molecule has 1 fully saturated rings. The molecule has 0 atom stereocenters. The third-order valence-corrected chi connectivity index (χ3v) is 2.59. The maximum absolute atomic E-state index is 12.8. The molecule has 1 aliphatic rings. The van der Waals surface area contributed by atoms with Gasteiger partial charge in [0.2, 0.25) is 0 Å². The van der Waals surface area contributed by atoms with Gasteiger partial charge >= 0.3 is 0 Å². The molecule has 1 aliphatic carbocycles. The lowest BCUT2D eigenvalue weighted by Crippen LogP contribution is -2.06. The maximum Gasteiger partial charge on any atom is 0.126 e. The summed E-state index contributed by atoms with van der Waals surface area (Å²) in [6, 6.07) is 6.48. The lowest BCUT2D eigenvalue weighted by molar-refractivity contribution is -0.112. The molecular formula is C11H11FO. The van der Waals surface area contributed by atoms with Crippen molar-refractivity contribution in [3.63, 3.8) is 0 Å². The number of rotatable bonds is 3. The molecule has 0 unspecified atom stereocenters. The Morgan fingerprint density at radius 2 is 2.23 bits per heavy atom. The number of aldehydes is 1. The molecule has 13 heavy (non-hydrogen) atoms. The molecule has 1 nitrogen and oxygen atoms in total. The molecular weight excluding hydrogens is 167 g/mol. The summed E-state index contributed by atoms with van der Waals surface area (Å²) in [7, 11) is 0. The van der Waals surface area contributed by atoms with Crippen LogP contribution in [-0.4, -0.2) is 6.29 Å². The van der Waals surface area contributed by atoms with Gasteiger partial charge in [-0.3, -0.25) is 0 Å². The highest BCUT2D eigenvalue weighted by molar-refractivity contribution is 5.64. The Labute approximate surface area is 76.6 Å². The lowest BCUT2D eigenvalue weighted by atomic mass is 9.98. The van der Waals surface area contributed by atoms with Crippen LogP contribution in [0.25, 0.3) is 0 Å². The fourth-order valence-corrected chi connectivity index (χ4v) is 1.55. The van der Waals surface area contributed by atoms with E-state index in [9.17, 15) is 9.18 Å². The van der Waals surface area contributed by atoms with Crippen LogP contribution in [0.15, 0.2) is 24.3 Å². The van der Waals surface area contributed by atoms with Gasteiger partial charge in [0.25, 0.3) is 0 Å². The van der Waals surface area contributed by atoms with Gasteiger partial charge in [0.05, 0.1) is 0 Å². The van der Waals surface area contributed by atoms with E-state index in [-0.39, 0.29) is 11.2 Å². The number of hydrogen-bond acceptors (Lipinski definition) is 1. The third-order valence-electron chi connectivity index (χ3n) is 2.59. The van der Waals surface area contributed by atoms with Gasteiger partial charge in [-0.05, 0) is 37.0 Å². The standard InChI is InChI=1S/C11H11FO/c12-10-3-1-2-9(6-10)7-11(8-13)4-5-11/h1-3,6,8H,4-5,7H2. The summed E-state index contributed by atoms with van der Waals surface area (Å²) in [4.78, 5) is 10.7. The number of carbonyl (C=O) groups is 1. The highest BCUT2D eigenvalue weighted by Crippen LogP contribution is 2.46. The zero-order valence-electron chi connectivity index (χ0n) is 7.29. The highest BCUT2D eigenvalue weighted by Gasteiger charge is 2.42. The zero-order valence-corrected chi connectivity index (χ0v) is 7.29. The predicted octanol–water partition coefficient (Wildman–Crippen LogP) is 2.35. The minimum absolute atomic E-state index is 0.159. The van der Waals surface area contributed by atoms with Crippen molar-refractivity contribution in [3.8, 4) is 0 Å². The SMILES string of the molecule is O=CC1(Cc2cccc(F)c2)CC1. The maximum atomic E-state index is 12.8. The van der Waals surface area contributed by atoms with Gasteiger partial charge in [0.15, 0.2) is 0 Å². The molecule has 0 aliphatic heterocycles. The van der Waals surface area contributed by atoms with Crippen molar-refractivity contribution < 1.29 is 9.18 Å². The molecule has 2 rings (SSSR count). The van der Waals surface area contributed by atoms with E-state index in [1.165, 1.54) is 12.1 Å². The van der Waals surface area contributed by atoms with E-state index in [4.69, 9.17) is 0 Å². The molecule has 0 amide bonds. The smallest absolute Gasteiger partial charge is 0.126 e. The first-order valence-corrected chi connectivity index (χ1v) is 4.45. The molecule has 0 radical (unpaired) electrons. The molecule has 0 N–H and O–H groups in total. The summed E-state index contributed by atoms with van der Waals surface area (Å²) in [6.07, 6.45) is 3.60. The van der Waals surface area contributed by atoms with Crippen molar-refractivity contribution in [2.45, 2.75) is 19.3 Å². The summed E-state index contributed by atoms with van der Waals surface area (Å²) in [5.74, 6) is -0.223. The van der Waals surface area contributed by atoms with Crippen LogP contribution in [0.5, 0.6) is 0 Å². The van der Waals surface area contributed by atoms with E-state index >= 15 is 0 Å². The van der Waals surface area contributed by atoms with E-state index in [1.807, 2.05) is 6.07 Å². The van der Waals surface area contributed by atoms with Crippen LogP contribution in [0.1, 0.15) is 18.4 Å². The monoisotopic (exact) mass is 178 g/mol. The second kappa shape index (κ2) is 2.95. The molecule has 68 valence electrons. The van der Waals surface area contributed by atoms with E-state index in [0.717, 1.165) is 24.7 Å². The fourth-order valence-electron chi connectivity index (χ4n) is 1.55. The summed E-state index contributed by atoms with van der Waals surface area (Å²) in [6.45, 7) is 0. The van der Waals surface area contributed by atoms with Crippen molar-refractivity contribution >= 4 is 6.29 Å². The first-order valence-electron chi connectivity index (χ1n) is 4.45. The second-order valence-corrected chi connectivity index (χ2v) is 3.79. The molecule has 2 heteroatoms. The van der Waals surface area contributed by atoms with Crippen molar-refractivity contribution in [1.29, 1.82) is 0 Å². The van der Waals surface area contributed by atoms with Crippen molar-refractivity contribution in [2.24, 2.45) is 5.41 Å². The molecule has 1 aromatic rings. The minimum Gasteiger partial charge on any atom is -0.303 e. The van der Waals surface area contributed by atoms with E-state index in [2.05, 4.69) is 0 Å². The van der Waals surface area contributed by atoms with Gasteiger partial charge in [-0.1, -0.05) is 12.1 Å². The Kier molecular flexibility index (Phi) is 1.91. The average molecular weight is 178 g/mol. The van der Waals surface area contributed by atoms with Crippen molar-refractivity contribution in [1.82, 2.24) is 0 Å². The molecule has 1 saturated carbocycles. The zero-order chi connectivity index (χ0) is 9.31. The number of halogens is 1. The van der Waals surface area contributed by atoms with Gasteiger partial charge < -0.3 is 4.79 Å². The number of benzene rings is 1. The molecule has 0 aromatic heterocycles. The summed E-state index contributed by atoms with van der Waals surface area (Å²) in [5, 5.41) is 0. The van der Waals surface area contributed by atoms with Gasteiger partial charge in [-0.15, -0.1) is 0 Å². The number of carbonyl (C=O) groups excluding carboxylic acids is 1. The van der Waals surface area contributed by atoms with Crippen molar-refractivity contribution in [2.75, 3.05) is 0 Å². The Morgan fingerprint density at radius 1 is 1.46 bits per heavy atom. The van der Waals surface area contributed by atoms with Crippen LogP contribution in [0, 0.1) is 11.2 Å². The Hall–Kier alpha value is -1.18. The van der Waals surface area contributed by atoms with Crippen LogP contribution in [-0.2, 0) is 11.2 Å². The molecule has 0 bridgehead atoms. The van der Waals surface area contributed by atoms with Gasteiger partial charge in [0, 0.05) is 5.41 Å². The summed E-state index contributed by atoms with van der Waals surface area (Å²) < 4.78 is 12.8. The van der Waals surface area contributed by atoms with E-state index in [1.54, 1.807) is 6.07 Å². The fraction of sp³-hybridized carbons (Fsp3) is 0.364. The van der Waals surface area contributed by atoms with Crippen molar-refractivity contribution in [3.05, 3.63) is 35.6 Å². The predicted molar refractivity (Wildman–Crippen MR) is 47.8 cm³/mol. The summed E-state index contributed by atoms with van der Waals surface area (Å²) in [5.41, 5.74) is 0.762. The quantitative estimate of drug-likeness (QED) is 0.649. The van der Waals surface area contributed by atoms with Crippen LogP contribution >= 0.6 is 0 Å². The van der Waals surface area contributed by atoms with Crippen LogP contribution in [0.2, 0.25) is 0 Å².